The molecule has 0 saturated heterocycles. The number of pyridine rings is 1. The fourth-order valence-electron chi connectivity index (χ4n) is 0.936. The Hall–Kier alpha value is -1.84. The Labute approximate surface area is 82.4 Å². The maximum atomic E-state index is 10.8. The van der Waals surface area contributed by atoms with Gasteiger partial charge >= 0.3 is 5.97 Å². The average Bonchev–Trinajstić information content (AvgIpc) is 2.20. The Morgan fingerprint density at radius 3 is 3.14 bits per heavy atom. The number of carbonyl (C=O) groups is 1. The molecule has 0 aliphatic rings. The number of nitrogens with two attached hydrogens (primary N) is 1. The van der Waals surface area contributed by atoms with Gasteiger partial charge in [0.05, 0.1) is 13.5 Å². The van der Waals surface area contributed by atoms with Crippen molar-refractivity contribution >= 4 is 17.9 Å². The fraction of sp³-hybridized carbons (Fsp3) is 0.200. The molecule has 0 unspecified atom stereocenters. The Balaban J connectivity index is 2.60. The van der Waals surface area contributed by atoms with Gasteiger partial charge in [-0.15, -0.1) is 0 Å². The van der Waals surface area contributed by atoms with Crippen LogP contribution in [0.5, 0.6) is 0 Å². The van der Waals surface area contributed by atoms with Crippen LogP contribution in [0.3, 0.4) is 0 Å². The van der Waals surface area contributed by atoms with Gasteiger partial charge < -0.3 is 10.5 Å². The van der Waals surface area contributed by atoms with Gasteiger partial charge in [0.2, 0.25) is 0 Å². The third-order valence-electron chi connectivity index (χ3n) is 1.68. The number of methoxy groups -OCH3 is 1. The molecule has 0 aliphatic carbocycles. The smallest absolute Gasteiger partial charge is 0.309 e. The molecule has 1 aromatic heterocycles. The first-order chi connectivity index (χ1) is 6.74. The number of aromatic nitrogens is 1. The van der Waals surface area contributed by atoms with Crippen LogP contribution in [0.25, 0.3) is 6.08 Å². The molecule has 1 rings (SSSR count). The lowest BCUT2D eigenvalue weighted by Gasteiger charge is -1.97. The van der Waals surface area contributed by atoms with E-state index in [1.54, 1.807) is 24.4 Å². The molecule has 0 fully saturated rings. The third-order valence-corrected chi connectivity index (χ3v) is 1.68. The number of rotatable bonds is 3. The molecule has 0 radical (unpaired) electrons. The number of carbonyl (C=O) groups excluding carboxylic acids is 1. The number of nitrogens with zero attached hydrogens (tertiary/aromatic N) is 1. The topological polar surface area (TPSA) is 65.2 Å². The second-order valence-electron chi connectivity index (χ2n) is 2.66. The summed E-state index contributed by atoms with van der Waals surface area (Å²) in [4.78, 5) is 14.7. The van der Waals surface area contributed by atoms with Crippen molar-refractivity contribution in [3.05, 3.63) is 30.0 Å². The predicted molar refractivity (Wildman–Crippen MR) is 54.3 cm³/mol. The first kappa shape index (κ1) is 10.2. The lowest BCUT2D eigenvalue weighted by Crippen LogP contribution is -1.97. The third kappa shape index (κ3) is 2.90. The van der Waals surface area contributed by atoms with Crippen molar-refractivity contribution in [2.45, 2.75) is 6.42 Å². The maximum absolute atomic E-state index is 10.8. The molecule has 0 spiro atoms. The Kier molecular flexibility index (Phi) is 3.67. The minimum atomic E-state index is -0.274. The zero-order valence-corrected chi connectivity index (χ0v) is 7.93. The van der Waals surface area contributed by atoms with Crippen molar-refractivity contribution in [2.24, 2.45) is 0 Å². The minimum Gasteiger partial charge on any atom is -0.469 e. The number of esters is 1. The predicted octanol–water partition coefficient (Wildman–Crippen LogP) is 1.24. The SMILES string of the molecule is COC(=O)CC=Cc1cccnc1N. The summed E-state index contributed by atoms with van der Waals surface area (Å²) in [6.45, 7) is 0. The van der Waals surface area contributed by atoms with E-state index in [1.807, 2.05) is 6.07 Å². The first-order valence-corrected chi connectivity index (χ1v) is 4.18. The first-order valence-electron chi connectivity index (χ1n) is 4.18. The molecular weight excluding hydrogens is 180 g/mol. The highest BCUT2D eigenvalue weighted by Gasteiger charge is 1.96. The zero-order chi connectivity index (χ0) is 10.4. The van der Waals surface area contributed by atoms with Gasteiger partial charge in [0.1, 0.15) is 5.82 Å². The Bertz CT molecular complexity index is 348. The largest absolute Gasteiger partial charge is 0.469 e. The van der Waals surface area contributed by atoms with Crippen LogP contribution in [0.4, 0.5) is 5.82 Å². The molecule has 0 bridgehead atoms. The number of hydrogen-bond donors (Lipinski definition) is 1. The molecule has 14 heavy (non-hydrogen) atoms. The standard InChI is InChI=1S/C10H12N2O2/c1-14-9(13)6-2-4-8-5-3-7-12-10(8)11/h2-5,7H,6H2,1H3,(H2,11,12). The lowest BCUT2D eigenvalue weighted by molar-refractivity contribution is -0.139. The molecular formula is C10H12N2O2. The quantitative estimate of drug-likeness (QED) is 0.732. The van der Waals surface area contributed by atoms with Crippen LogP contribution in [-0.2, 0) is 9.53 Å². The molecule has 1 aromatic rings. The summed E-state index contributed by atoms with van der Waals surface area (Å²) in [7, 11) is 1.36. The molecule has 0 aliphatic heterocycles. The molecule has 1 heterocycles. The van der Waals surface area contributed by atoms with E-state index in [0.29, 0.717) is 5.82 Å². The molecule has 0 saturated carbocycles. The summed E-state index contributed by atoms with van der Waals surface area (Å²) < 4.78 is 4.48. The van der Waals surface area contributed by atoms with E-state index in [-0.39, 0.29) is 12.4 Å². The summed E-state index contributed by atoms with van der Waals surface area (Å²) in [5.74, 6) is 0.178. The number of hydrogen-bond acceptors (Lipinski definition) is 4. The number of ether oxygens (including phenoxy) is 1. The van der Waals surface area contributed by atoms with E-state index < -0.39 is 0 Å². The van der Waals surface area contributed by atoms with Crippen molar-refractivity contribution in [2.75, 3.05) is 12.8 Å². The van der Waals surface area contributed by atoms with E-state index >= 15 is 0 Å². The summed E-state index contributed by atoms with van der Waals surface area (Å²) in [6.07, 6.45) is 5.30. The van der Waals surface area contributed by atoms with Gasteiger partial charge in [-0.05, 0) is 12.1 Å². The van der Waals surface area contributed by atoms with E-state index in [9.17, 15) is 4.79 Å². The highest BCUT2D eigenvalue weighted by atomic mass is 16.5. The van der Waals surface area contributed by atoms with Crippen molar-refractivity contribution in [1.29, 1.82) is 0 Å². The number of anilines is 1. The zero-order valence-electron chi connectivity index (χ0n) is 7.93. The summed E-state index contributed by atoms with van der Waals surface area (Å²) in [6, 6.07) is 3.62. The average molecular weight is 192 g/mol. The summed E-state index contributed by atoms with van der Waals surface area (Å²) in [5.41, 5.74) is 6.39. The van der Waals surface area contributed by atoms with Crippen LogP contribution >= 0.6 is 0 Å². The summed E-state index contributed by atoms with van der Waals surface area (Å²) >= 11 is 0. The highest BCUT2D eigenvalue weighted by molar-refractivity contribution is 5.73. The maximum Gasteiger partial charge on any atom is 0.309 e. The van der Waals surface area contributed by atoms with E-state index in [4.69, 9.17) is 5.73 Å². The second kappa shape index (κ2) is 5.01. The highest BCUT2D eigenvalue weighted by Crippen LogP contribution is 2.09. The van der Waals surface area contributed by atoms with E-state index in [0.717, 1.165) is 5.56 Å². The number of nitrogen functional groups attached to an aromatic ring is 1. The molecule has 0 atom stereocenters. The van der Waals surface area contributed by atoms with Crippen LogP contribution < -0.4 is 5.73 Å². The molecule has 4 nitrogen and oxygen atoms in total. The minimum absolute atomic E-state index is 0.241. The van der Waals surface area contributed by atoms with Gasteiger partial charge in [0.25, 0.3) is 0 Å². The van der Waals surface area contributed by atoms with Crippen LogP contribution in [0, 0.1) is 0 Å². The van der Waals surface area contributed by atoms with Gasteiger partial charge in [-0.25, -0.2) is 4.98 Å². The van der Waals surface area contributed by atoms with Gasteiger partial charge in [-0.2, -0.15) is 0 Å². The molecule has 74 valence electrons. The Morgan fingerprint density at radius 2 is 2.50 bits per heavy atom. The van der Waals surface area contributed by atoms with Crippen LogP contribution in [0.2, 0.25) is 0 Å². The van der Waals surface area contributed by atoms with E-state index in [1.165, 1.54) is 7.11 Å². The molecule has 0 aromatic carbocycles. The van der Waals surface area contributed by atoms with Gasteiger partial charge in [-0.3, -0.25) is 4.79 Å². The van der Waals surface area contributed by atoms with Gasteiger partial charge in [0.15, 0.2) is 0 Å². The monoisotopic (exact) mass is 192 g/mol. The van der Waals surface area contributed by atoms with Crippen molar-refractivity contribution in [1.82, 2.24) is 4.98 Å². The Morgan fingerprint density at radius 1 is 1.71 bits per heavy atom. The van der Waals surface area contributed by atoms with Crippen molar-refractivity contribution in [3.8, 4) is 0 Å². The summed E-state index contributed by atoms with van der Waals surface area (Å²) in [5, 5.41) is 0. The molecule has 2 N–H and O–H groups in total. The fourth-order valence-corrected chi connectivity index (χ4v) is 0.936. The normalized spacial score (nSPS) is 10.4. The van der Waals surface area contributed by atoms with Gasteiger partial charge in [0, 0.05) is 11.8 Å². The lowest BCUT2D eigenvalue weighted by atomic mass is 10.2. The van der Waals surface area contributed by atoms with Crippen LogP contribution in [0.1, 0.15) is 12.0 Å². The van der Waals surface area contributed by atoms with Gasteiger partial charge in [-0.1, -0.05) is 12.2 Å². The van der Waals surface area contributed by atoms with Crippen LogP contribution in [0.15, 0.2) is 24.4 Å². The molecule has 4 heteroatoms. The van der Waals surface area contributed by atoms with Crippen molar-refractivity contribution < 1.29 is 9.53 Å². The second-order valence-corrected chi connectivity index (χ2v) is 2.66. The van der Waals surface area contributed by atoms with Crippen molar-refractivity contribution in [3.63, 3.8) is 0 Å². The van der Waals surface area contributed by atoms with E-state index in [2.05, 4.69) is 9.72 Å². The van der Waals surface area contributed by atoms with Crippen LogP contribution in [-0.4, -0.2) is 18.1 Å². The molecule has 0 amide bonds.